The molecule has 0 saturated carbocycles. The number of nitrogen functional groups attached to an aromatic ring is 1. The highest BCUT2D eigenvalue weighted by Crippen LogP contribution is 2.27. The van der Waals surface area contributed by atoms with Gasteiger partial charge in [-0.3, -0.25) is 0 Å². The number of aromatic nitrogens is 3. The first kappa shape index (κ1) is 12.9. The van der Waals surface area contributed by atoms with Crippen LogP contribution in [0.5, 0.6) is 0 Å². The summed E-state index contributed by atoms with van der Waals surface area (Å²) in [5, 5.41) is 3.14. The van der Waals surface area contributed by atoms with E-state index in [-0.39, 0.29) is 5.82 Å². The zero-order chi connectivity index (χ0) is 14.3. The van der Waals surface area contributed by atoms with E-state index in [1.807, 2.05) is 6.92 Å². The largest absolute Gasteiger partial charge is 0.382 e. The first-order valence-electron chi connectivity index (χ1n) is 5.86. The molecule has 0 aliphatic carbocycles. The summed E-state index contributed by atoms with van der Waals surface area (Å²) in [6, 6.07) is 3.11. The number of anilines is 3. The van der Waals surface area contributed by atoms with E-state index in [9.17, 15) is 4.39 Å². The predicted octanol–water partition coefficient (Wildman–Crippen LogP) is 3.27. The number of fused-ring (bicyclic) bond motifs is 1. The number of hydrogen-bond acceptors (Lipinski definition) is 4. The molecular weight excluding hydrogens is 325 g/mol. The third kappa shape index (κ3) is 2.20. The van der Waals surface area contributed by atoms with Crippen LogP contribution in [0.15, 0.2) is 35.2 Å². The molecule has 0 fully saturated rings. The molecule has 5 nitrogen and oxygen atoms in total. The fourth-order valence-electron chi connectivity index (χ4n) is 1.94. The Morgan fingerprint density at radius 1 is 1.40 bits per heavy atom. The molecule has 0 amide bonds. The molecule has 0 aliphatic rings. The Kier molecular flexibility index (Phi) is 3.06. The van der Waals surface area contributed by atoms with Crippen LogP contribution in [0.4, 0.5) is 21.7 Å². The normalized spacial score (nSPS) is 10.9. The first-order chi connectivity index (χ1) is 9.54. The fraction of sp³-hybridized carbons (Fsp3) is 0.0769. The van der Waals surface area contributed by atoms with Crippen molar-refractivity contribution in [3.8, 4) is 0 Å². The van der Waals surface area contributed by atoms with E-state index < -0.39 is 0 Å². The molecule has 102 valence electrons. The van der Waals surface area contributed by atoms with Crippen LogP contribution in [0.25, 0.3) is 5.65 Å². The van der Waals surface area contributed by atoms with Crippen molar-refractivity contribution in [1.82, 2.24) is 14.4 Å². The van der Waals surface area contributed by atoms with E-state index in [2.05, 4.69) is 31.2 Å². The monoisotopic (exact) mass is 335 g/mol. The summed E-state index contributed by atoms with van der Waals surface area (Å²) in [7, 11) is 0. The van der Waals surface area contributed by atoms with Crippen molar-refractivity contribution in [3.63, 3.8) is 0 Å². The summed E-state index contributed by atoms with van der Waals surface area (Å²) >= 11 is 3.17. The molecule has 1 aromatic carbocycles. The van der Waals surface area contributed by atoms with Crippen molar-refractivity contribution >= 4 is 38.9 Å². The van der Waals surface area contributed by atoms with E-state index in [1.165, 1.54) is 6.07 Å². The van der Waals surface area contributed by atoms with Gasteiger partial charge in [-0.1, -0.05) is 0 Å². The lowest BCUT2D eigenvalue weighted by molar-refractivity contribution is 0.620. The standard InChI is InChI=1S/C13H11BrFN5/c1-7-4-9(15)8(14)5-10(7)18-12-13-17-2-3-20(13)6-11(16)19-12/h2-6H,16H2,1H3,(H,18,19). The molecule has 0 spiro atoms. The van der Waals surface area contributed by atoms with Gasteiger partial charge in [0.1, 0.15) is 11.6 Å². The van der Waals surface area contributed by atoms with Gasteiger partial charge in [-0.15, -0.1) is 0 Å². The van der Waals surface area contributed by atoms with Gasteiger partial charge in [0.15, 0.2) is 11.5 Å². The lowest BCUT2D eigenvalue weighted by Crippen LogP contribution is -2.03. The average molecular weight is 336 g/mol. The van der Waals surface area contributed by atoms with E-state index in [0.717, 1.165) is 11.3 Å². The van der Waals surface area contributed by atoms with Gasteiger partial charge in [-0.05, 0) is 40.5 Å². The highest BCUT2D eigenvalue weighted by molar-refractivity contribution is 9.10. The number of benzene rings is 1. The van der Waals surface area contributed by atoms with Crippen molar-refractivity contribution in [2.75, 3.05) is 11.1 Å². The van der Waals surface area contributed by atoms with Crippen LogP contribution in [-0.2, 0) is 0 Å². The summed E-state index contributed by atoms with van der Waals surface area (Å²) in [5.41, 5.74) is 7.91. The number of nitrogens with one attached hydrogen (secondary N) is 1. The molecule has 2 heterocycles. The van der Waals surface area contributed by atoms with Crippen molar-refractivity contribution in [3.05, 3.63) is 46.6 Å². The van der Waals surface area contributed by atoms with Gasteiger partial charge in [-0.2, -0.15) is 0 Å². The number of nitrogens with zero attached hydrogens (tertiary/aromatic N) is 3. The maximum atomic E-state index is 13.4. The second kappa shape index (κ2) is 4.75. The van der Waals surface area contributed by atoms with E-state index in [0.29, 0.717) is 21.8 Å². The number of halogens is 2. The molecule has 20 heavy (non-hydrogen) atoms. The molecule has 3 rings (SSSR count). The molecule has 0 unspecified atom stereocenters. The summed E-state index contributed by atoms with van der Waals surface area (Å²) in [6.45, 7) is 1.81. The molecule has 2 aromatic heterocycles. The minimum absolute atomic E-state index is 0.306. The predicted molar refractivity (Wildman–Crippen MR) is 79.5 cm³/mol. The van der Waals surface area contributed by atoms with Gasteiger partial charge >= 0.3 is 0 Å². The van der Waals surface area contributed by atoms with Crippen molar-refractivity contribution < 1.29 is 4.39 Å². The van der Waals surface area contributed by atoms with Crippen molar-refractivity contribution in [2.24, 2.45) is 0 Å². The van der Waals surface area contributed by atoms with Crippen LogP contribution in [0.1, 0.15) is 5.56 Å². The molecule has 0 aliphatic heterocycles. The Bertz CT molecular complexity index is 799. The quantitative estimate of drug-likeness (QED) is 0.754. The van der Waals surface area contributed by atoms with Crippen LogP contribution in [0, 0.1) is 12.7 Å². The third-order valence-electron chi connectivity index (χ3n) is 2.91. The molecule has 0 atom stereocenters. The Labute approximate surface area is 122 Å². The fourth-order valence-corrected chi connectivity index (χ4v) is 2.29. The Morgan fingerprint density at radius 3 is 3.00 bits per heavy atom. The number of imidazole rings is 1. The minimum atomic E-state index is -0.306. The highest BCUT2D eigenvalue weighted by atomic mass is 79.9. The maximum Gasteiger partial charge on any atom is 0.180 e. The van der Waals surface area contributed by atoms with Crippen LogP contribution in [-0.4, -0.2) is 14.4 Å². The molecule has 0 bridgehead atoms. The van der Waals surface area contributed by atoms with Gasteiger partial charge in [-0.25, -0.2) is 14.4 Å². The van der Waals surface area contributed by atoms with Crippen molar-refractivity contribution in [1.29, 1.82) is 0 Å². The Morgan fingerprint density at radius 2 is 2.20 bits per heavy atom. The molecule has 0 radical (unpaired) electrons. The average Bonchev–Trinajstić information content (AvgIpc) is 2.84. The SMILES string of the molecule is Cc1cc(F)c(Br)cc1Nc1nc(N)cn2ccnc12. The van der Waals surface area contributed by atoms with Crippen LogP contribution in [0.2, 0.25) is 0 Å². The highest BCUT2D eigenvalue weighted by Gasteiger charge is 2.10. The van der Waals surface area contributed by atoms with Gasteiger partial charge < -0.3 is 15.5 Å². The van der Waals surface area contributed by atoms with E-state index in [4.69, 9.17) is 5.73 Å². The molecule has 0 saturated heterocycles. The summed E-state index contributed by atoms with van der Waals surface area (Å²) in [6.07, 6.45) is 5.13. The Hall–Kier alpha value is -2.15. The second-order valence-electron chi connectivity index (χ2n) is 4.38. The lowest BCUT2D eigenvalue weighted by Gasteiger charge is -2.11. The second-order valence-corrected chi connectivity index (χ2v) is 5.23. The summed E-state index contributed by atoms with van der Waals surface area (Å²) < 4.78 is 15.6. The number of rotatable bonds is 2. The number of nitrogens with two attached hydrogens (primary N) is 1. The molecular formula is C13H11BrFN5. The van der Waals surface area contributed by atoms with Crippen LogP contribution >= 0.6 is 15.9 Å². The third-order valence-corrected chi connectivity index (χ3v) is 3.52. The maximum absolute atomic E-state index is 13.4. The Balaban J connectivity index is 2.09. The smallest absolute Gasteiger partial charge is 0.180 e. The minimum Gasteiger partial charge on any atom is -0.382 e. The van der Waals surface area contributed by atoms with Gasteiger partial charge in [0.25, 0.3) is 0 Å². The summed E-state index contributed by atoms with van der Waals surface area (Å²) in [4.78, 5) is 8.46. The summed E-state index contributed by atoms with van der Waals surface area (Å²) in [5.74, 6) is 0.591. The zero-order valence-electron chi connectivity index (χ0n) is 10.6. The van der Waals surface area contributed by atoms with E-state index >= 15 is 0 Å². The lowest BCUT2D eigenvalue weighted by atomic mass is 10.2. The number of aryl methyl sites for hydroxylation is 1. The van der Waals surface area contributed by atoms with Crippen LogP contribution < -0.4 is 11.1 Å². The molecule has 3 aromatic rings. The number of hydrogen-bond donors (Lipinski definition) is 2. The van der Waals surface area contributed by atoms with Gasteiger partial charge in [0.2, 0.25) is 0 Å². The first-order valence-corrected chi connectivity index (χ1v) is 6.66. The molecule has 3 N–H and O–H groups in total. The van der Waals surface area contributed by atoms with Gasteiger partial charge in [0.05, 0.1) is 10.7 Å². The topological polar surface area (TPSA) is 68.2 Å². The zero-order valence-corrected chi connectivity index (χ0v) is 12.1. The van der Waals surface area contributed by atoms with Gasteiger partial charge in [0, 0.05) is 18.1 Å². The van der Waals surface area contributed by atoms with E-state index in [1.54, 1.807) is 29.1 Å². The van der Waals surface area contributed by atoms with Crippen molar-refractivity contribution in [2.45, 2.75) is 6.92 Å². The van der Waals surface area contributed by atoms with Crippen LogP contribution in [0.3, 0.4) is 0 Å². The molecule has 7 heteroatoms.